The third-order valence-electron chi connectivity index (χ3n) is 4.45. The van der Waals surface area contributed by atoms with Gasteiger partial charge in [0.1, 0.15) is 0 Å². The van der Waals surface area contributed by atoms with Crippen LogP contribution in [0.1, 0.15) is 27.4 Å². The first-order chi connectivity index (χ1) is 13.0. The van der Waals surface area contributed by atoms with Crippen molar-refractivity contribution in [2.75, 3.05) is 13.6 Å². The van der Waals surface area contributed by atoms with Crippen molar-refractivity contribution in [1.29, 1.82) is 0 Å². The quantitative estimate of drug-likeness (QED) is 0.449. The maximum Gasteiger partial charge on any atom is 0.171 e. The maximum atomic E-state index is 13.2. The largest absolute Gasteiger partial charge is 0.301 e. The highest BCUT2D eigenvalue weighted by Gasteiger charge is 2.23. The number of carbonyl (C=O) groups excluding carboxylic acids is 1. The van der Waals surface area contributed by atoms with E-state index in [9.17, 15) is 4.79 Å². The van der Waals surface area contributed by atoms with Crippen molar-refractivity contribution in [2.45, 2.75) is 12.5 Å². The molecule has 0 radical (unpaired) electrons. The van der Waals surface area contributed by atoms with Gasteiger partial charge in [0, 0.05) is 28.7 Å². The molecule has 3 aromatic rings. The van der Waals surface area contributed by atoms with E-state index < -0.39 is 0 Å². The van der Waals surface area contributed by atoms with Crippen molar-refractivity contribution in [1.82, 2.24) is 4.90 Å². The first kappa shape index (κ1) is 19.6. The molecule has 0 aliphatic rings. The molecule has 0 amide bonds. The Bertz CT molecular complexity index is 877. The molecule has 27 heavy (non-hydrogen) atoms. The van der Waals surface area contributed by atoms with Crippen LogP contribution in [0.15, 0.2) is 78.9 Å². The van der Waals surface area contributed by atoms with E-state index in [1.54, 1.807) is 6.07 Å². The summed E-state index contributed by atoms with van der Waals surface area (Å²) in [7, 11) is 2.00. The van der Waals surface area contributed by atoms with Gasteiger partial charge in [0.05, 0.1) is 5.92 Å². The summed E-state index contributed by atoms with van der Waals surface area (Å²) in [6.07, 6.45) is 0. The monoisotopic (exact) mass is 397 g/mol. The van der Waals surface area contributed by atoms with Gasteiger partial charge in [-0.1, -0.05) is 83.9 Å². The van der Waals surface area contributed by atoms with Gasteiger partial charge in [0.25, 0.3) is 0 Å². The van der Waals surface area contributed by atoms with Crippen molar-refractivity contribution in [3.8, 4) is 0 Å². The second-order valence-electron chi connectivity index (χ2n) is 6.67. The number of rotatable bonds is 7. The van der Waals surface area contributed by atoms with Crippen molar-refractivity contribution < 1.29 is 4.79 Å². The number of Topliss-reactive ketones (excluding diaryl/α,β-unsaturated/α-hetero) is 1. The summed E-state index contributed by atoms with van der Waals surface area (Å²) >= 11 is 12.2. The van der Waals surface area contributed by atoms with E-state index in [1.165, 1.54) is 0 Å². The highest BCUT2D eigenvalue weighted by Crippen LogP contribution is 2.24. The number of nitrogens with zero attached hydrogens (tertiary/aromatic N) is 1. The molecule has 1 atom stereocenters. The van der Waals surface area contributed by atoms with Gasteiger partial charge in [0.15, 0.2) is 5.78 Å². The van der Waals surface area contributed by atoms with Gasteiger partial charge in [-0.15, -0.1) is 0 Å². The summed E-state index contributed by atoms with van der Waals surface area (Å²) < 4.78 is 0. The lowest BCUT2D eigenvalue weighted by Gasteiger charge is -2.24. The Morgan fingerprint density at radius 1 is 0.889 bits per heavy atom. The smallest absolute Gasteiger partial charge is 0.171 e. The highest BCUT2D eigenvalue weighted by molar-refractivity contribution is 6.34. The molecule has 0 saturated heterocycles. The minimum Gasteiger partial charge on any atom is -0.301 e. The molecule has 0 fully saturated rings. The molecule has 0 N–H and O–H groups in total. The summed E-state index contributed by atoms with van der Waals surface area (Å²) in [5, 5.41) is 1.23. The van der Waals surface area contributed by atoms with E-state index in [0.29, 0.717) is 23.1 Å². The number of likely N-dealkylation sites (N-methyl/N-ethyl adjacent to an activating group) is 1. The SMILES string of the molecule is CN(Cc1cc(Cl)cc(Cl)c1)C[C@@H](C(=O)c1ccccc1)c1ccccc1. The number of ketones is 1. The van der Waals surface area contributed by atoms with Crippen LogP contribution >= 0.6 is 23.2 Å². The fraction of sp³-hybridized carbons (Fsp3) is 0.174. The van der Waals surface area contributed by atoms with Gasteiger partial charge < -0.3 is 4.90 Å². The van der Waals surface area contributed by atoms with Crippen molar-refractivity contribution in [2.24, 2.45) is 0 Å². The van der Waals surface area contributed by atoms with Crippen LogP contribution in [0.25, 0.3) is 0 Å². The van der Waals surface area contributed by atoms with Crippen LogP contribution in [0.4, 0.5) is 0 Å². The van der Waals surface area contributed by atoms with Crippen LogP contribution in [0.2, 0.25) is 10.0 Å². The van der Waals surface area contributed by atoms with Crippen LogP contribution in [0.5, 0.6) is 0 Å². The summed E-state index contributed by atoms with van der Waals surface area (Å²) in [6, 6.07) is 24.9. The van der Waals surface area contributed by atoms with Gasteiger partial charge in [-0.25, -0.2) is 0 Å². The van der Waals surface area contributed by atoms with Crippen molar-refractivity contribution >= 4 is 29.0 Å². The number of carbonyl (C=O) groups is 1. The summed E-state index contributed by atoms with van der Waals surface area (Å²) in [5.74, 6) is -0.119. The zero-order valence-electron chi connectivity index (χ0n) is 15.1. The molecule has 0 aromatic heterocycles. The topological polar surface area (TPSA) is 20.3 Å². The Hall–Kier alpha value is -2.13. The van der Waals surface area contributed by atoms with Crippen LogP contribution in [-0.4, -0.2) is 24.3 Å². The van der Waals surface area contributed by atoms with Gasteiger partial charge in [0.2, 0.25) is 0 Å². The third-order valence-corrected chi connectivity index (χ3v) is 4.88. The van der Waals surface area contributed by atoms with E-state index in [2.05, 4.69) is 4.90 Å². The second kappa shape index (κ2) is 9.18. The van der Waals surface area contributed by atoms with Gasteiger partial charge in [-0.2, -0.15) is 0 Å². The highest BCUT2D eigenvalue weighted by atomic mass is 35.5. The summed E-state index contributed by atoms with van der Waals surface area (Å²) in [6.45, 7) is 1.26. The standard InChI is InChI=1S/C23H21Cl2NO/c1-26(15-17-12-20(24)14-21(25)13-17)16-22(18-8-4-2-5-9-18)23(27)19-10-6-3-7-11-19/h2-14,22H,15-16H2,1H3/t22-/m1/s1. The molecular weight excluding hydrogens is 377 g/mol. The van der Waals surface area contributed by atoms with Crippen LogP contribution in [0.3, 0.4) is 0 Å². The first-order valence-corrected chi connectivity index (χ1v) is 9.56. The molecule has 0 aliphatic heterocycles. The molecule has 0 heterocycles. The molecule has 3 aromatic carbocycles. The Labute approximate surface area is 170 Å². The Balaban J connectivity index is 1.82. The van der Waals surface area contributed by atoms with E-state index in [-0.39, 0.29) is 11.7 Å². The van der Waals surface area contributed by atoms with Gasteiger partial charge >= 0.3 is 0 Å². The molecule has 3 rings (SSSR count). The van der Waals surface area contributed by atoms with Crippen LogP contribution < -0.4 is 0 Å². The van der Waals surface area contributed by atoms with Crippen LogP contribution in [0, 0.1) is 0 Å². The molecule has 138 valence electrons. The Morgan fingerprint density at radius 2 is 1.44 bits per heavy atom. The normalized spacial score (nSPS) is 12.1. The molecule has 2 nitrogen and oxygen atoms in total. The average molecular weight is 398 g/mol. The molecule has 4 heteroatoms. The molecule has 0 saturated carbocycles. The summed E-state index contributed by atoms with van der Waals surface area (Å²) in [5.41, 5.74) is 2.77. The van der Waals surface area contributed by atoms with E-state index in [0.717, 1.165) is 16.7 Å². The van der Waals surface area contributed by atoms with Crippen LogP contribution in [-0.2, 0) is 6.54 Å². The van der Waals surface area contributed by atoms with Gasteiger partial charge in [-0.05, 0) is 36.4 Å². The first-order valence-electron chi connectivity index (χ1n) is 8.80. The molecule has 0 aliphatic carbocycles. The summed E-state index contributed by atoms with van der Waals surface area (Å²) in [4.78, 5) is 15.3. The fourth-order valence-electron chi connectivity index (χ4n) is 3.22. The minimum atomic E-state index is -0.242. The number of hydrogen-bond acceptors (Lipinski definition) is 2. The third kappa shape index (κ3) is 5.43. The van der Waals surface area contributed by atoms with E-state index >= 15 is 0 Å². The van der Waals surface area contributed by atoms with E-state index in [1.807, 2.05) is 79.8 Å². The predicted molar refractivity (Wildman–Crippen MR) is 113 cm³/mol. The minimum absolute atomic E-state index is 0.123. The lowest BCUT2D eigenvalue weighted by Crippen LogP contribution is -2.29. The predicted octanol–water partition coefficient (Wildman–Crippen LogP) is 6.09. The number of hydrogen-bond donors (Lipinski definition) is 0. The fourth-order valence-corrected chi connectivity index (χ4v) is 3.79. The molecule has 0 bridgehead atoms. The molecular formula is C23H21Cl2NO. The van der Waals surface area contributed by atoms with Gasteiger partial charge in [-0.3, -0.25) is 4.79 Å². The molecule has 0 unspecified atom stereocenters. The zero-order valence-corrected chi connectivity index (χ0v) is 16.6. The Kier molecular flexibility index (Phi) is 6.68. The lowest BCUT2D eigenvalue weighted by atomic mass is 9.90. The second-order valence-corrected chi connectivity index (χ2v) is 7.54. The Morgan fingerprint density at radius 3 is 2.04 bits per heavy atom. The molecule has 0 spiro atoms. The lowest BCUT2D eigenvalue weighted by molar-refractivity contribution is 0.0938. The van der Waals surface area contributed by atoms with Crippen molar-refractivity contribution in [3.05, 3.63) is 106 Å². The zero-order chi connectivity index (χ0) is 19.2. The maximum absolute atomic E-state index is 13.2. The van der Waals surface area contributed by atoms with Crippen molar-refractivity contribution in [3.63, 3.8) is 0 Å². The number of benzene rings is 3. The number of halogens is 2. The van der Waals surface area contributed by atoms with E-state index in [4.69, 9.17) is 23.2 Å². The average Bonchev–Trinajstić information content (AvgIpc) is 2.66.